The molecule has 1 aromatic carbocycles. The Bertz CT molecular complexity index is 539. The summed E-state index contributed by atoms with van der Waals surface area (Å²) in [5.74, 6) is 0. The van der Waals surface area contributed by atoms with E-state index in [2.05, 4.69) is 0 Å². The van der Waals surface area contributed by atoms with E-state index < -0.39 is 23.8 Å². The molecular weight excluding hydrogens is 284 g/mol. The van der Waals surface area contributed by atoms with Crippen molar-refractivity contribution in [3.05, 3.63) is 46.0 Å². The molecule has 2 rings (SSSR count). The molecule has 2 atom stereocenters. The number of ether oxygens (including phenoxy) is 1. The number of nitrogens with zero attached hydrogens (tertiary/aromatic N) is 2. The summed E-state index contributed by atoms with van der Waals surface area (Å²) in [6, 6.07) is 7.77. The van der Waals surface area contributed by atoms with Gasteiger partial charge in [0, 0.05) is 17.9 Å². The van der Waals surface area contributed by atoms with Crippen LogP contribution in [0.2, 0.25) is 0 Å². The third-order valence-electron chi connectivity index (χ3n) is 3.64. The lowest BCUT2D eigenvalue weighted by Gasteiger charge is -2.38. The predicted molar refractivity (Wildman–Crippen MR) is 82.1 cm³/mol. The van der Waals surface area contributed by atoms with Crippen LogP contribution in [-0.4, -0.2) is 34.1 Å². The van der Waals surface area contributed by atoms with Crippen LogP contribution in [0.1, 0.15) is 45.2 Å². The number of amides is 1. The topological polar surface area (TPSA) is 72.7 Å². The molecule has 6 nitrogen and oxygen atoms in total. The maximum Gasteiger partial charge on any atom is 0.411 e. The molecular formula is C16H22N2O4. The van der Waals surface area contributed by atoms with Crippen molar-refractivity contribution in [3.8, 4) is 0 Å². The van der Waals surface area contributed by atoms with Crippen molar-refractivity contribution in [2.45, 2.75) is 51.3 Å². The minimum atomic E-state index is -0.802. The zero-order valence-electron chi connectivity index (χ0n) is 13.2. The van der Waals surface area contributed by atoms with Gasteiger partial charge in [-0.3, -0.25) is 15.0 Å². The first-order valence-electron chi connectivity index (χ1n) is 7.47. The summed E-state index contributed by atoms with van der Waals surface area (Å²) in [5, 5.41) is 11.4. The van der Waals surface area contributed by atoms with Crippen LogP contribution < -0.4 is 0 Å². The van der Waals surface area contributed by atoms with E-state index in [0.29, 0.717) is 19.4 Å². The molecule has 1 amide bonds. The Balaban J connectivity index is 2.33. The van der Waals surface area contributed by atoms with Gasteiger partial charge in [-0.15, -0.1) is 0 Å². The number of likely N-dealkylation sites (tertiary alicyclic amines) is 1. The number of piperidine rings is 1. The highest BCUT2D eigenvalue weighted by Crippen LogP contribution is 2.34. The van der Waals surface area contributed by atoms with Crippen LogP contribution >= 0.6 is 0 Å². The normalized spacial score (nSPS) is 22.2. The number of nitro groups is 1. The standard InChI is InChI=1S/C16H22N2O4/c1-16(2,3)22-15(19)17-11-7-10-13(18(20)21)14(17)12-8-5-4-6-9-12/h4-6,8-9,13-14H,7,10-11H2,1-3H3. The lowest BCUT2D eigenvalue weighted by Crippen LogP contribution is -2.49. The molecule has 0 spiro atoms. The van der Waals surface area contributed by atoms with Crippen molar-refractivity contribution < 1.29 is 14.5 Å². The molecule has 22 heavy (non-hydrogen) atoms. The second-order valence-corrected chi connectivity index (χ2v) is 6.52. The molecule has 0 bridgehead atoms. The van der Waals surface area contributed by atoms with Crippen molar-refractivity contribution in [2.24, 2.45) is 0 Å². The molecule has 0 N–H and O–H groups in total. The van der Waals surface area contributed by atoms with Crippen LogP contribution in [0.4, 0.5) is 4.79 Å². The Morgan fingerprint density at radius 1 is 1.32 bits per heavy atom. The van der Waals surface area contributed by atoms with Gasteiger partial charge in [-0.2, -0.15) is 0 Å². The predicted octanol–water partition coefficient (Wildman–Crippen LogP) is 3.40. The van der Waals surface area contributed by atoms with Gasteiger partial charge >= 0.3 is 6.09 Å². The lowest BCUT2D eigenvalue weighted by atomic mass is 9.91. The van der Waals surface area contributed by atoms with E-state index in [1.165, 1.54) is 4.90 Å². The van der Waals surface area contributed by atoms with Gasteiger partial charge in [-0.25, -0.2) is 4.79 Å². The number of hydrogen-bond donors (Lipinski definition) is 0. The van der Waals surface area contributed by atoms with E-state index in [9.17, 15) is 14.9 Å². The van der Waals surface area contributed by atoms with Crippen LogP contribution in [0, 0.1) is 10.1 Å². The summed E-state index contributed by atoms with van der Waals surface area (Å²) in [4.78, 5) is 25.1. The van der Waals surface area contributed by atoms with E-state index in [4.69, 9.17) is 4.74 Å². The van der Waals surface area contributed by atoms with Crippen molar-refractivity contribution in [1.82, 2.24) is 4.90 Å². The molecule has 2 unspecified atom stereocenters. The van der Waals surface area contributed by atoms with Crippen molar-refractivity contribution >= 4 is 6.09 Å². The van der Waals surface area contributed by atoms with Crippen LogP contribution in [0.25, 0.3) is 0 Å². The van der Waals surface area contributed by atoms with Gasteiger partial charge in [-0.05, 0) is 32.8 Å². The maximum absolute atomic E-state index is 12.4. The van der Waals surface area contributed by atoms with E-state index >= 15 is 0 Å². The van der Waals surface area contributed by atoms with Gasteiger partial charge in [0.2, 0.25) is 6.04 Å². The average Bonchev–Trinajstić information content (AvgIpc) is 2.45. The summed E-state index contributed by atoms with van der Waals surface area (Å²) < 4.78 is 5.42. The van der Waals surface area contributed by atoms with Crippen LogP contribution in [0.5, 0.6) is 0 Å². The minimum Gasteiger partial charge on any atom is -0.444 e. The molecule has 0 aliphatic carbocycles. The molecule has 1 saturated heterocycles. The molecule has 0 radical (unpaired) electrons. The van der Waals surface area contributed by atoms with Crippen molar-refractivity contribution in [2.75, 3.05) is 6.54 Å². The molecule has 1 aliphatic heterocycles. The number of hydrogen-bond acceptors (Lipinski definition) is 4. The zero-order valence-corrected chi connectivity index (χ0v) is 13.2. The number of rotatable bonds is 2. The maximum atomic E-state index is 12.4. The smallest absolute Gasteiger partial charge is 0.411 e. The lowest BCUT2D eigenvalue weighted by molar-refractivity contribution is -0.534. The largest absolute Gasteiger partial charge is 0.444 e. The molecule has 1 aromatic rings. The van der Waals surface area contributed by atoms with Gasteiger partial charge in [0.15, 0.2) is 0 Å². The average molecular weight is 306 g/mol. The molecule has 0 aromatic heterocycles. The molecule has 0 saturated carbocycles. The molecule has 1 heterocycles. The van der Waals surface area contributed by atoms with Crippen LogP contribution in [-0.2, 0) is 4.74 Å². The molecule has 6 heteroatoms. The summed E-state index contributed by atoms with van der Waals surface area (Å²) in [5.41, 5.74) is 0.148. The Labute approximate surface area is 130 Å². The zero-order chi connectivity index (χ0) is 16.3. The van der Waals surface area contributed by atoms with Crippen molar-refractivity contribution in [1.29, 1.82) is 0 Å². The van der Waals surface area contributed by atoms with Crippen LogP contribution in [0.3, 0.4) is 0 Å². The van der Waals surface area contributed by atoms with E-state index in [1.807, 2.05) is 30.3 Å². The van der Waals surface area contributed by atoms with Gasteiger partial charge in [-0.1, -0.05) is 30.3 Å². The van der Waals surface area contributed by atoms with Gasteiger partial charge in [0.25, 0.3) is 0 Å². The Kier molecular flexibility index (Phi) is 4.68. The fourth-order valence-electron chi connectivity index (χ4n) is 2.77. The first-order valence-corrected chi connectivity index (χ1v) is 7.47. The summed E-state index contributed by atoms with van der Waals surface area (Å²) in [7, 11) is 0. The van der Waals surface area contributed by atoms with E-state index in [1.54, 1.807) is 20.8 Å². The second kappa shape index (κ2) is 6.34. The highest BCUT2D eigenvalue weighted by molar-refractivity contribution is 5.69. The summed E-state index contributed by atoms with van der Waals surface area (Å²) >= 11 is 0. The molecule has 1 aliphatic rings. The Morgan fingerprint density at radius 3 is 2.50 bits per heavy atom. The quantitative estimate of drug-likeness (QED) is 0.620. The molecule has 1 fully saturated rings. The summed E-state index contributed by atoms with van der Waals surface area (Å²) in [6.07, 6.45) is 0.577. The van der Waals surface area contributed by atoms with Gasteiger partial charge < -0.3 is 4.74 Å². The fourth-order valence-corrected chi connectivity index (χ4v) is 2.77. The summed E-state index contributed by atoms with van der Waals surface area (Å²) in [6.45, 7) is 5.84. The fraction of sp³-hybridized carbons (Fsp3) is 0.562. The molecule has 120 valence electrons. The van der Waals surface area contributed by atoms with Crippen molar-refractivity contribution in [3.63, 3.8) is 0 Å². The van der Waals surface area contributed by atoms with Crippen LogP contribution in [0.15, 0.2) is 30.3 Å². The third-order valence-corrected chi connectivity index (χ3v) is 3.64. The highest BCUT2D eigenvalue weighted by Gasteiger charge is 2.43. The number of benzene rings is 1. The monoisotopic (exact) mass is 306 g/mol. The number of carbonyl (C=O) groups is 1. The third kappa shape index (κ3) is 3.75. The number of carbonyl (C=O) groups excluding carboxylic acids is 1. The first kappa shape index (κ1) is 16.3. The van der Waals surface area contributed by atoms with E-state index in [-0.39, 0.29) is 4.92 Å². The Hall–Kier alpha value is -2.11. The first-order chi connectivity index (χ1) is 10.3. The SMILES string of the molecule is CC(C)(C)OC(=O)N1CCCC([N+](=O)[O-])C1c1ccccc1. The Morgan fingerprint density at radius 2 is 1.95 bits per heavy atom. The minimum absolute atomic E-state index is 0.284. The van der Waals surface area contributed by atoms with E-state index in [0.717, 1.165) is 5.56 Å². The van der Waals surface area contributed by atoms with Gasteiger partial charge in [0.1, 0.15) is 11.6 Å². The highest BCUT2D eigenvalue weighted by atomic mass is 16.6. The van der Waals surface area contributed by atoms with Gasteiger partial charge in [0.05, 0.1) is 0 Å². The second-order valence-electron chi connectivity index (χ2n) is 6.52.